The number of Topliss-reactive ketones (excluding diaryl/α,β-unsaturated/α-hetero) is 1. The molecule has 5 aromatic rings. The van der Waals surface area contributed by atoms with Crippen molar-refractivity contribution >= 4 is 28.7 Å². The molecule has 2 heterocycles. The number of aliphatic hydroxyl groups excluding tert-OH is 1. The third-order valence-corrected chi connectivity index (χ3v) is 8.14. The molecule has 1 amide bonds. The third-order valence-electron chi connectivity index (χ3n) is 6.93. The summed E-state index contributed by atoms with van der Waals surface area (Å²) in [5.41, 5.74) is 3.69. The summed E-state index contributed by atoms with van der Waals surface area (Å²) in [6.45, 7) is 2.14. The quantitative estimate of drug-likeness (QED) is 0.200. The average Bonchev–Trinajstić information content (AvgIpc) is 3.54. The number of ketones is 1. The Morgan fingerprint density at radius 1 is 0.902 bits per heavy atom. The van der Waals surface area contributed by atoms with E-state index in [9.17, 15) is 14.7 Å². The lowest BCUT2D eigenvalue weighted by molar-refractivity contribution is -0.117. The predicted molar refractivity (Wildman–Crippen MR) is 160 cm³/mol. The standard InChI is InChI=1S/C34H26N2O4S/c1-22-32(41-33(35-22)24-14-7-3-8-15-24)30(37)28-29(36(34(39)31(28)38)26-17-9-4-10-18-26)25-16-11-19-27(20-25)40-21-23-12-5-2-6-13-23/h2-20,29,38H,21H2,1H3. The van der Waals surface area contributed by atoms with Crippen molar-refractivity contribution in [2.75, 3.05) is 4.90 Å². The van der Waals surface area contributed by atoms with Gasteiger partial charge in [0.15, 0.2) is 5.76 Å². The van der Waals surface area contributed by atoms with Crippen LogP contribution in [-0.4, -0.2) is 21.8 Å². The Morgan fingerprint density at radius 3 is 2.27 bits per heavy atom. The van der Waals surface area contributed by atoms with E-state index in [-0.39, 0.29) is 5.57 Å². The molecular formula is C34H26N2O4S. The zero-order valence-electron chi connectivity index (χ0n) is 22.2. The Balaban J connectivity index is 1.41. The molecule has 4 aromatic carbocycles. The SMILES string of the molecule is Cc1nc(-c2ccccc2)sc1C(=O)C1=C(O)C(=O)N(c2ccccc2)C1c1cccc(OCc2ccccc2)c1. The zero-order valence-corrected chi connectivity index (χ0v) is 23.0. The molecule has 0 saturated carbocycles. The second-order valence-electron chi connectivity index (χ2n) is 9.65. The monoisotopic (exact) mass is 558 g/mol. The lowest BCUT2D eigenvalue weighted by Gasteiger charge is -2.27. The molecule has 0 spiro atoms. The van der Waals surface area contributed by atoms with Crippen LogP contribution in [0.5, 0.6) is 5.75 Å². The lowest BCUT2D eigenvalue weighted by Crippen LogP contribution is -2.31. The van der Waals surface area contributed by atoms with Crippen molar-refractivity contribution < 1.29 is 19.4 Å². The molecule has 1 N–H and O–H groups in total. The van der Waals surface area contributed by atoms with E-state index < -0.39 is 23.5 Å². The molecule has 0 bridgehead atoms. The number of para-hydroxylation sites is 1. The van der Waals surface area contributed by atoms with Gasteiger partial charge in [-0.1, -0.05) is 91.0 Å². The van der Waals surface area contributed by atoms with Gasteiger partial charge in [-0.2, -0.15) is 0 Å². The van der Waals surface area contributed by atoms with E-state index in [0.717, 1.165) is 11.1 Å². The third kappa shape index (κ3) is 5.15. The van der Waals surface area contributed by atoms with E-state index in [0.29, 0.717) is 39.2 Å². The Bertz CT molecular complexity index is 1750. The normalized spacial score (nSPS) is 14.9. The summed E-state index contributed by atoms with van der Waals surface area (Å²) in [4.78, 5) is 34.2. The molecule has 0 saturated heterocycles. The smallest absolute Gasteiger partial charge is 0.294 e. The summed E-state index contributed by atoms with van der Waals surface area (Å²) in [6.07, 6.45) is 0. The second-order valence-corrected chi connectivity index (χ2v) is 10.7. The summed E-state index contributed by atoms with van der Waals surface area (Å²) in [5, 5.41) is 11.9. The molecule has 1 aromatic heterocycles. The van der Waals surface area contributed by atoms with E-state index in [2.05, 4.69) is 4.98 Å². The first-order valence-electron chi connectivity index (χ1n) is 13.2. The van der Waals surface area contributed by atoms with Gasteiger partial charge in [0, 0.05) is 11.3 Å². The van der Waals surface area contributed by atoms with E-state index in [4.69, 9.17) is 4.74 Å². The number of ether oxygens (including phenoxy) is 1. The number of aryl methyl sites for hydroxylation is 1. The van der Waals surface area contributed by atoms with Crippen molar-refractivity contribution in [2.45, 2.75) is 19.6 Å². The number of hydrogen-bond acceptors (Lipinski definition) is 6. The van der Waals surface area contributed by atoms with E-state index >= 15 is 0 Å². The Hall–Kier alpha value is -5.01. The molecule has 6 rings (SSSR count). The number of thiazole rings is 1. The summed E-state index contributed by atoms with van der Waals surface area (Å²) < 4.78 is 6.06. The van der Waals surface area contributed by atoms with Gasteiger partial charge in [-0.15, -0.1) is 11.3 Å². The highest BCUT2D eigenvalue weighted by Gasteiger charge is 2.45. The maximum Gasteiger partial charge on any atom is 0.294 e. The molecule has 202 valence electrons. The van der Waals surface area contributed by atoms with E-state index in [1.54, 1.807) is 19.1 Å². The first-order chi connectivity index (χ1) is 20.0. The van der Waals surface area contributed by atoms with Gasteiger partial charge in [-0.3, -0.25) is 14.5 Å². The summed E-state index contributed by atoms with van der Waals surface area (Å²) in [6, 6.07) is 34.9. The number of carbonyl (C=O) groups excluding carboxylic acids is 2. The van der Waals surface area contributed by atoms with Crippen LogP contribution < -0.4 is 9.64 Å². The van der Waals surface area contributed by atoms with Crippen molar-refractivity contribution in [3.05, 3.63) is 148 Å². The van der Waals surface area contributed by atoms with Crippen molar-refractivity contribution in [2.24, 2.45) is 0 Å². The molecule has 41 heavy (non-hydrogen) atoms. The number of hydrogen-bond donors (Lipinski definition) is 1. The summed E-state index contributed by atoms with van der Waals surface area (Å²) in [7, 11) is 0. The van der Waals surface area contributed by atoms with E-state index in [1.807, 2.05) is 103 Å². The highest BCUT2D eigenvalue weighted by atomic mass is 32.1. The van der Waals surface area contributed by atoms with Gasteiger partial charge in [0.2, 0.25) is 5.78 Å². The highest BCUT2D eigenvalue weighted by molar-refractivity contribution is 7.17. The fraction of sp³-hybridized carbons (Fsp3) is 0.0882. The first kappa shape index (κ1) is 26.2. The van der Waals surface area contributed by atoms with Gasteiger partial charge in [0.1, 0.15) is 17.4 Å². The van der Waals surface area contributed by atoms with Crippen molar-refractivity contribution in [3.8, 4) is 16.3 Å². The minimum absolute atomic E-state index is 0.0189. The fourth-order valence-electron chi connectivity index (χ4n) is 4.96. The molecule has 1 atom stereocenters. The molecule has 1 aliphatic heterocycles. The molecular weight excluding hydrogens is 532 g/mol. The van der Waals surface area contributed by atoms with Crippen LogP contribution in [0.25, 0.3) is 10.6 Å². The van der Waals surface area contributed by atoms with Crippen LogP contribution in [0.15, 0.2) is 127 Å². The van der Waals surface area contributed by atoms with Gasteiger partial charge in [-0.25, -0.2) is 4.98 Å². The van der Waals surface area contributed by atoms with Crippen LogP contribution in [0.4, 0.5) is 5.69 Å². The van der Waals surface area contributed by atoms with Crippen LogP contribution in [-0.2, 0) is 11.4 Å². The average molecular weight is 559 g/mol. The second kappa shape index (κ2) is 11.2. The number of benzene rings is 4. The molecule has 1 unspecified atom stereocenters. The van der Waals surface area contributed by atoms with Gasteiger partial charge in [0.05, 0.1) is 22.2 Å². The van der Waals surface area contributed by atoms with Gasteiger partial charge in [0.25, 0.3) is 5.91 Å². The number of rotatable bonds is 8. The molecule has 1 aliphatic rings. The van der Waals surface area contributed by atoms with Crippen molar-refractivity contribution in [1.29, 1.82) is 0 Å². The topological polar surface area (TPSA) is 79.7 Å². The maximum atomic E-state index is 14.2. The Labute approximate surface area is 241 Å². The fourth-order valence-corrected chi connectivity index (χ4v) is 5.98. The van der Waals surface area contributed by atoms with Crippen LogP contribution >= 0.6 is 11.3 Å². The van der Waals surface area contributed by atoms with Gasteiger partial charge < -0.3 is 9.84 Å². The van der Waals surface area contributed by atoms with Crippen LogP contribution in [0.1, 0.15) is 32.5 Å². The number of aliphatic hydroxyl groups is 1. The number of aromatic nitrogens is 1. The summed E-state index contributed by atoms with van der Waals surface area (Å²) in [5.74, 6) is -1.03. The zero-order chi connectivity index (χ0) is 28.3. The minimum Gasteiger partial charge on any atom is -0.503 e. The van der Waals surface area contributed by atoms with Crippen LogP contribution in [0.2, 0.25) is 0 Å². The predicted octanol–water partition coefficient (Wildman–Crippen LogP) is 7.48. The van der Waals surface area contributed by atoms with Gasteiger partial charge >= 0.3 is 0 Å². The first-order valence-corrected chi connectivity index (χ1v) is 14.0. The molecule has 6 nitrogen and oxygen atoms in total. The number of carbonyl (C=O) groups is 2. The van der Waals surface area contributed by atoms with Crippen molar-refractivity contribution in [1.82, 2.24) is 4.98 Å². The molecule has 0 aliphatic carbocycles. The summed E-state index contributed by atoms with van der Waals surface area (Å²) >= 11 is 1.25. The maximum absolute atomic E-state index is 14.2. The highest BCUT2D eigenvalue weighted by Crippen LogP contribution is 2.44. The van der Waals surface area contributed by atoms with Crippen LogP contribution in [0.3, 0.4) is 0 Å². The van der Waals surface area contributed by atoms with Gasteiger partial charge in [-0.05, 0) is 42.3 Å². The number of nitrogens with zero attached hydrogens (tertiary/aromatic N) is 2. The molecule has 0 fully saturated rings. The number of anilines is 1. The minimum atomic E-state index is -0.862. The Morgan fingerprint density at radius 2 is 1.56 bits per heavy atom. The molecule has 0 radical (unpaired) electrons. The number of amides is 1. The lowest BCUT2D eigenvalue weighted by atomic mass is 9.94. The van der Waals surface area contributed by atoms with Crippen molar-refractivity contribution in [3.63, 3.8) is 0 Å². The van der Waals surface area contributed by atoms with Crippen LogP contribution in [0, 0.1) is 6.92 Å². The largest absolute Gasteiger partial charge is 0.503 e. The molecule has 7 heteroatoms. The Kier molecular flexibility index (Phi) is 7.18. The van der Waals surface area contributed by atoms with E-state index in [1.165, 1.54) is 16.2 Å².